The highest BCUT2D eigenvalue weighted by Gasteiger charge is 2.32. The summed E-state index contributed by atoms with van der Waals surface area (Å²) in [5.41, 5.74) is 1.16. The van der Waals surface area contributed by atoms with Crippen molar-refractivity contribution in [2.75, 3.05) is 52.9 Å². The zero-order chi connectivity index (χ0) is 42.9. The second-order valence-electron chi connectivity index (χ2n) is 14.3. The molecule has 0 radical (unpaired) electrons. The van der Waals surface area contributed by atoms with Gasteiger partial charge in [-0.15, -0.1) is 35.1 Å². The lowest BCUT2D eigenvalue weighted by atomic mass is 10.0. The number of nitrogens with one attached hydrogen (secondary N) is 4. The van der Waals surface area contributed by atoms with E-state index in [9.17, 15) is 13.2 Å². The van der Waals surface area contributed by atoms with Crippen molar-refractivity contribution in [3.63, 3.8) is 0 Å². The fraction of sp³-hybridized carbons (Fsp3) is 0.286. The first-order valence-electron chi connectivity index (χ1n) is 19.4. The number of alkyl halides is 3. The van der Waals surface area contributed by atoms with E-state index >= 15 is 0 Å². The molecule has 0 spiro atoms. The Balaban J connectivity index is 0.000000185. The van der Waals surface area contributed by atoms with Gasteiger partial charge in [0.25, 0.3) is 0 Å². The number of thioether (sulfide) groups is 1. The molecule has 6 aromatic rings. The monoisotopic (exact) mass is 1010 g/mol. The lowest BCUT2D eigenvalue weighted by Crippen LogP contribution is -2.46. The summed E-state index contributed by atoms with van der Waals surface area (Å²) in [4.78, 5) is 5.74. The predicted octanol–water partition coefficient (Wildman–Crippen LogP) is 10.3. The minimum atomic E-state index is -4.78. The average molecular weight is 1010 g/mol. The fourth-order valence-electron chi connectivity index (χ4n) is 7.17. The topological polar surface area (TPSA) is 115 Å². The summed E-state index contributed by atoms with van der Waals surface area (Å²) < 4.78 is 43.9. The normalized spacial score (nSPS) is 14.9. The molecule has 0 saturated carbocycles. The highest BCUT2D eigenvalue weighted by Crippen LogP contribution is 2.32. The first-order valence-corrected chi connectivity index (χ1v) is 23.0. The minimum absolute atomic E-state index is 0.0824. The van der Waals surface area contributed by atoms with E-state index in [0.717, 1.165) is 99.7 Å². The molecule has 4 heterocycles. The van der Waals surface area contributed by atoms with E-state index in [4.69, 9.17) is 24.4 Å². The molecule has 4 aromatic carbocycles. The van der Waals surface area contributed by atoms with E-state index in [1.54, 1.807) is 24.0 Å². The van der Waals surface area contributed by atoms with Crippen LogP contribution >= 0.6 is 68.1 Å². The number of hydrogen-bond acceptors (Lipinski definition) is 10. The molecule has 0 atom stereocenters. The lowest BCUT2D eigenvalue weighted by Gasteiger charge is -2.34. The molecule has 0 unspecified atom stereocenters. The highest BCUT2D eigenvalue weighted by atomic mass is 79.9. The van der Waals surface area contributed by atoms with Crippen molar-refractivity contribution in [1.82, 2.24) is 31.0 Å². The Hall–Kier alpha value is -4.56. The smallest absolute Gasteiger partial charge is 0.404 e. The van der Waals surface area contributed by atoms with Crippen LogP contribution in [-0.4, -0.2) is 81.5 Å². The van der Waals surface area contributed by atoms with Crippen molar-refractivity contribution in [2.45, 2.75) is 49.0 Å². The van der Waals surface area contributed by atoms with Gasteiger partial charge in [0.1, 0.15) is 0 Å². The van der Waals surface area contributed by atoms with E-state index in [2.05, 4.69) is 131 Å². The van der Waals surface area contributed by atoms with Gasteiger partial charge in [-0.25, -0.2) is 0 Å². The summed E-state index contributed by atoms with van der Waals surface area (Å²) in [5, 5.41) is 35.0. The summed E-state index contributed by atoms with van der Waals surface area (Å²) in [6.45, 7) is 3.34. The number of thiocarbonyl (C=S) groups is 2. The fourth-order valence-corrected chi connectivity index (χ4v) is 8.88. The van der Waals surface area contributed by atoms with Crippen LogP contribution in [0, 0.1) is 0 Å². The highest BCUT2D eigenvalue weighted by molar-refractivity contribution is 9.10. The van der Waals surface area contributed by atoms with E-state index < -0.39 is 6.36 Å². The molecule has 19 heteroatoms. The second-order valence-corrected chi connectivity index (χ2v) is 17.8. The third-order valence-electron chi connectivity index (χ3n) is 10.2. The van der Waals surface area contributed by atoms with Crippen molar-refractivity contribution in [3.05, 3.63) is 106 Å². The van der Waals surface area contributed by atoms with Crippen LogP contribution in [0.2, 0.25) is 0 Å². The average Bonchev–Trinajstić information content (AvgIpc) is 3.24. The van der Waals surface area contributed by atoms with Crippen LogP contribution in [0.25, 0.3) is 21.5 Å². The summed E-state index contributed by atoms with van der Waals surface area (Å²) in [7, 11) is 0. The Morgan fingerprint density at radius 3 is 1.89 bits per heavy atom. The van der Waals surface area contributed by atoms with Crippen molar-refractivity contribution in [1.29, 1.82) is 0 Å². The van der Waals surface area contributed by atoms with E-state index in [-0.39, 0.29) is 22.6 Å². The van der Waals surface area contributed by atoms with Gasteiger partial charge in [0.15, 0.2) is 27.6 Å². The van der Waals surface area contributed by atoms with Crippen molar-refractivity contribution < 1.29 is 17.9 Å². The zero-order valence-corrected chi connectivity index (χ0v) is 38.4. The third-order valence-corrected chi connectivity index (χ3v) is 12.3. The van der Waals surface area contributed by atoms with Gasteiger partial charge in [0.05, 0.1) is 18.1 Å². The van der Waals surface area contributed by atoms with Gasteiger partial charge in [-0.2, -0.15) is 10.2 Å². The number of hydrogen-bond donors (Lipinski definition) is 4. The number of piperidine rings is 2. The van der Waals surface area contributed by atoms with Crippen LogP contribution in [0.15, 0.2) is 111 Å². The summed E-state index contributed by atoms with van der Waals surface area (Å²) in [6, 6.07) is 26.8. The molecule has 4 N–H and O–H groups in total. The minimum Gasteiger partial charge on any atom is -0.404 e. The lowest BCUT2D eigenvalue weighted by molar-refractivity contribution is -0.274. The molecule has 0 aliphatic carbocycles. The maximum atomic E-state index is 12.6. The molecule has 0 bridgehead atoms. The number of fused-ring (bicyclic) bond motifs is 2. The molecule has 2 aliphatic heterocycles. The van der Waals surface area contributed by atoms with Gasteiger partial charge in [-0.05, 0) is 123 Å². The number of nitrogens with zero attached hydrogens (tertiary/aromatic N) is 6. The second kappa shape index (κ2) is 20.5. The van der Waals surface area contributed by atoms with Gasteiger partial charge in [0, 0.05) is 79.3 Å². The number of rotatable bonds is 8. The number of benzene rings is 4. The molecule has 8 rings (SSSR count). The molecular formula is C42H41Br2F3N10OS3. The number of ether oxygens (including phenoxy) is 1. The standard InChI is InChI=1S/C21H19BrF3N5OS.C21H22BrN5S2/c22-14-5-6-16-13(11-14)12-26-29-19(16)30-9-7-15(8-10-30)27-20(32)28-17-3-1-2-4-18(17)31-21(23,24)25;1-29-18-6-4-16(5-7-18)24-21(28)25-17-8-10-27(11-9-17)20-19-12-15(22)3-2-14(19)13-23-26-20/h1-6,11-12,15H,7-10H2,(H2,27,28,32);2-7,12-13,17H,8-11H2,1H3,(H2,24,25,28). The van der Waals surface area contributed by atoms with Gasteiger partial charge in [-0.3, -0.25) is 0 Å². The maximum absolute atomic E-state index is 12.6. The number of para-hydroxylation sites is 2. The largest absolute Gasteiger partial charge is 0.573 e. The molecular weight excluding hydrogens is 974 g/mol. The van der Waals surface area contributed by atoms with Gasteiger partial charge < -0.3 is 35.8 Å². The predicted molar refractivity (Wildman–Crippen MR) is 255 cm³/mol. The molecule has 2 aliphatic rings. The first kappa shape index (κ1) is 44.5. The van der Waals surface area contributed by atoms with E-state index in [0.29, 0.717) is 11.2 Å². The number of anilines is 4. The van der Waals surface area contributed by atoms with Crippen molar-refractivity contribution in [3.8, 4) is 5.75 Å². The Morgan fingerprint density at radius 2 is 1.26 bits per heavy atom. The van der Waals surface area contributed by atoms with Gasteiger partial charge in [0.2, 0.25) is 0 Å². The molecule has 318 valence electrons. The molecule has 11 nitrogen and oxygen atoms in total. The summed E-state index contributed by atoms with van der Waals surface area (Å²) in [6.07, 6.45) is 4.43. The Labute approximate surface area is 383 Å². The zero-order valence-electron chi connectivity index (χ0n) is 32.8. The molecule has 0 amide bonds. The number of aromatic nitrogens is 4. The van der Waals surface area contributed by atoms with Crippen LogP contribution in [0.5, 0.6) is 5.75 Å². The first-order chi connectivity index (χ1) is 29.4. The van der Waals surface area contributed by atoms with Gasteiger partial charge >= 0.3 is 6.36 Å². The van der Waals surface area contributed by atoms with Gasteiger partial charge in [-0.1, -0.05) is 50.1 Å². The van der Waals surface area contributed by atoms with Crippen LogP contribution in [0.4, 0.5) is 36.2 Å². The maximum Gasteiger partial charge on any atom is 0.573 e. The van der Waals surface area contributed by atoms with Crippen LogP contribution in [0.3, 0.4) is 0 Å². The van der Waals surface area contributed by atoms with Crippen molar-refractivity contribution >= 4 is 123 Å². The molecule has 2 aromatic heterocycles. The van der Waals surface area contributed by atoms with Crippen LogP contribution in [-0.2, 0) is 0 Å². The Kier molecular flexibility index (Phi) is 15.0. The van der Waals surface area contributed by atoms with Crippen LogP contribution in [0.1, 0.15) is 25.7 Å². The van der Waals surface area contributed by atoms with Crippen LogP contribution < -0.4 is 35.8 Å². The third kappa shape index (κ3) is 12.3. The Bertz CT molecular complexity index is 2470. The Morgan fingerprint density at radius 1 is 0.705 bits per heavy atom. The quantitative estimate of drug-likeness (QED) is 0.0857. The number of halogens is 5. The van der Waals surface area contributed by atoms with Crippen molar-refractivity contribution in [2.24, 2.45) is 0 Å². The molecule has 2 fully saturated rings. The summed E-state index contributed by atoms with van der Waals surface area (Å²) in [5.74, 6) is 1.46. The molecule has 2 saturated heterocycles. The van der Waals surface area contributed by atoms with E-state index in [1.807, 2.05) is 30.5 Å². The van der Waals surface area contributed by atoms with E-state index in [1.165, 1.54) is 23.1 Å². The SMILES string of the molecule is CSc1ccc(NC(=S)NC2CCN(c3nncc4ccc(Br)cc34)CC2)cc1.FC(F)(F)Oc1ccccc1NC(=S)NC1CCN(c2nncc3cc(Br)ccc23)CC1. The summed E-state index contributed by atoms with van der Waals surface area (Å²) >= 11 is 19.6. The molecule has 61 heavy (non-hydrogen) atoms.